The Morgan fingerprint density at radius 3 is 2.45 bits per heavy atom. The molecule has 0 bridgehead atoms. The number of sulfone groups is 1. The fraction of sp³-hybridized carbons (Fsp3) is 0.458. The maximum absolute atomic E-state index is 13.0. The number of hydrogen-bond donors (Lipinski definition) is 0. The van der Waals surface area contributed by atoms with Crippen LogP contribution in [0.3, 0.4) is 0 Å². The molecule has 0 spiro atoms. The molecule has 2 aliphatic rings. The lowest BCUT2D eigenvalue weighted by molar-refractivity contribution is 0.0989. The Morgan fingerprint density at radius 1 is 1.00 bits per heavy atom. The van der Waals surface area contributed by atoms with Crippen molar-refractivity contribution in [1.29, 1.82) is 0 Å². The number of piperidine rings is 1. The summed E-state index contributed by atoms with van der Waals surface area (Å²) in [6.45, 7) is 4.70. The zero-order chi connectivity index (χ0) is 21.8. The number of ether oxygens (including phenoxy) is 1. The van der Waals surface area contributed by atoms with Gasteiger partial charge in [0.25, 0.3) is 5.91 Å². The van der Waals surface area contributed by atoms with Gasteiger partial charge in [0.2, 0.25) is 0 Å². The summed E-state index contributed by atoms with van der Waals surface area (Å²) >= 11 is 0. The highest BCUT2D eigenvalue weighted by atomic mass is 32.2. The van der Waals surface area contributed by atoms with Gasteiger partial charge in [0.05, 0.1) is 11.5 Å². The van der Waals surface area contributed by atoms with Crippen molar-refractivity contribution in [2.45, 2.75) is 37.0 Å². The summed E-state index contributed by atoms with van der Waals surface area (Å²) in [5.74, 6) is 0.692. The van der Waals surface area contributed by atoms with Crippen LogP contribution in [0.15, 0.2) is 47.4 Å². The molecule has 0 aliphatic carbocycles. The molecule has 2 aromatic rings. The Hall–Kier alpha value is -2.38. The van der Waals surface area contributed by atoms with Crippen LogP contribution in [0.2, 0.25) is 0 Å². The topological polar surface area (TPSA) is 66.9 Å². The lowest BCUT2D eigenvalue weighted by Gasteiger charge is -2.26. The predicted octanol–water partition coefficient (Wildman–Crippen LogP) is 3.55. The molecule has 0 saturated carbocycles. The number of likely N-dealkylation sites (tertiary alicyclic amines) is 1. The van der Waals surface area contributed by atoms with E-state index in [9.17, 15) is 13.2 Å². The molecule has 4 rings (SSSR count). The Bertz CT molecular complexity index is 1030. The number of carbonyl (C=O) groups excluding carboxylic acids is 1. The maximum atomic E-state index is 13.0. The molecule has 1 saturated heterocycles. The quantitative estimate of drug-likeness (QED) is 0.614. The molecular weight excluding hydrogens is 412 g/mol. The van der Waals surface area contributed by atoms with Gasteiger partial charge in [-0.2, -0.15) is 0 Å². The van der Waals surface area contributed by atoms with E-state index in [1.165, 1.54) is 38.6 Å². The highest BCUT2D eigenvalue weighted by Crippen LogP contribution is 2.31. The van der Waals surface area contributed by atoms with Crippen molar-refractivity contribution < 1.29 is 17.9 Å². The fourth-order valence-electron chi connectivity index (χ4n) is 4.33. The highest BCUT2D eigenvalue weighted by Gasteiger charge is 2.26. The van der Waals surface area contributed by atoms with Crippen LogP contribution in [0.1, 0.15) is 41.6 Å². The molecule has 0 unspecified atom stereocenters. The van der Waals surface area contributed by atoms with E-state index in [4.69, 9.17) is 4.74 Å². The molecule has 2 aromatic carbocycles. The first kappa shape index (κ1) is 21.8. The van der Waals surface area contributed by atoms with E-state index in [0.717, 1.165) is 30.0 Å². The zero-order valence-corrected chi connectivity index (χ0v) is 18.9. The lowest BCUT2D eigenvalue weighted by Crippen LogP contribution is -2.31. The number of nitrogens with zero attached hydrogens (tertiary/aromatic N) is 2. The van der Waals surface area contributed by atoms with Crippen molar-refractivity contribution in [1.82, 2.24) is 4.90 Å². The minimum absolute atomic E-state index is 0.0810. The van der Waals surface area contributed by atoms with Crippen LogP contribution in [0.5, 0.6) is 5.75 Å². The summed E-state index contributed by atoms with van der Waals surface area (Å²) in [6, 6.07) is 12.3. The smallest absolute Gasteiger partial charge is 0.258 e. The van der Waals surface area contributed by atoms with Crippen molar-refractivity contribution in [3.8, 4) is 5.75 Å². The molecule has 1 amide bonds. The third kappa shape index (κ3) is 5.28. The number of amides is 1. The van der Waals surface area contributed by atoms with Gasteiger partial charge in [-0.25, -0.2) is 8.42 Å². The number of benzene rings is 2. The monoisotopic (exact) mass is 442 g/mol. The van der Waals surface area contributed by atoms with Crippen LogP contribution in [0.4, 0.5) is 5.69 Å². The Labute approximate surface area is 184 Å². The van der Waals surface area contributed by atoms with Crippen molar-refractivity contribution >= 4 is 21.4 Å². The van der Waals surface area contributed by atoms with Crippen LogP contribution in [0.25, 0.3) is 0 Å². The average molecular weight is 443 g/mol. The molecular formula is C24H30N2O4S. The molecule has 6 nitrogen and oxygen atoms in total. The zero-order valence-electron chi connectivity index (χ0n) is 18.0. The predicted molar refractivity (Wildman–Crippen MR) is 122 cm³/mol. The second kappa shape index (κ2) is 9.40. The average Bonchev–Trinajstić information content (AvgIpc) is 3.20. The number of carbonyl (C=O) groups is 1. The van der Waals surface area contributed by atoms with E-state index in [0.29, 0.717) is 30.0 Å². The van der Waals surface area contributed by atoms with Gasteiger partial charge in [0, 0.05) is 30.6 Å². The SMILES string of the molecule is CS(=O)(=O)c1ccc2c(c1)CCN2C(=O)c1ccc(OCCCN2CCCCC2)cc1. The van der Waals surface area contributed by atoms with Crippen molar-refractivity contribution in [3.05, 3.63) is 53.6 Å². The van der Waals surface area contributed by atoms with E-state index in [1.54, 1.807) is 35.2 Å². The summed E-state index contributed by atoms with van der Waals surface area (Å²) < 4.78 is 29.4. The van der Waals surface area contributed by atoms with Gasteiger partial charge >= 0.3 is 0 Å². The normalized spacial score (nSPS) is 16.9. The third-order valence-corrected chi connectivity index (χ3v) is 7.17. The first-order valence-electron chi connectivity index (χ1n) is 11.0. The first-order valence-corrected chi connectivity index (χ1v) is 12.9. The third-order valence-electron chi connectivity index (χ3n) is 6.06. The van der Waals surface area contributed by atoms with Crippen LogP contribution in [-0.4, -0.2) is 58.3 Å². The number of hydrogen-bond acceptors (Lipinski definition) is 5. The van der Waals surface area contributed by atoms with Crippen LogP contribution in [0, 0.1) is 0 Å². The van der Waals surface area contributed by atoms with Gasteiger partial charge in [-0.3, -0.25) is 4.79 Å². The first-order chi connectivity index (χ1) is 14.9. The molecule has 1 fully saturated rings. The van der Waals surface area contributed by atoms with Crippen molar-refractivity contribution in [2.24, 2.45) is 0 Å². The summed E-state index contributed by atoms with van der Waals surface area (Å²) in [5.41, 5.74) is 2.28. The maximum Gasteiger partial charge on any atom is 0.258 e. The molecule has 31 heavy (non-hydrogen) atoms. The summed E-state index contributed by atoms with van der Waals surface area (Å²) in [7, 11) is -3.26. The number of anilines is 1. The number of rotatable bonds is 7. The number of fused-ring (bicyclic) bond motifs is 1. The molecule has 0 atom stereocenters. The standard InChI is InChI=1S/C24H30N2O4S/c1-31(28,29)22-10-11-23-20(18-22)12-16-26(23)24(27)19-6-8-21(9-7-19)30-17-5-15-25-13-3-2-4-14-25/h6-11,18H,2-5,12-17H2,1H3. The molecule has 7 heteroatoms. The van der Waals surface area contributed by atoms with Gasteiger partial charge in [0.1, 0.15) is 5.75 Å². The van der Waals surface area contributed by atoms with Crippen LogP contribution < -0.4 is 9.64 Å². The Morgan fingerprint density at radius 2 is 1.74 bits per heavy atom. The van der Waals surface area contributed by atoms with E-state index >= 15 is 0 Å². The minimum atomic E-state index is -3.26. The summed E-state index contributed by atoms with van der Waals surface area (Å²) in [6.07, 6.45) is 6.81. The minimum Gasteiger partial charge on any atom is -0.494 e. The second-order valence-electron chi connectivity index (χ2n) is 8.40. The van der Waals surface area contributed by atoms with E-state index in [1.807, 2.05) is 12.1 Å². The second-order valence-corrected chi connectivity index (χ2v) is 10.4. The molecule has 0 radical (unpaired) electrons. The van der Waals surface area contributed by atoms with E-state index in [2.05, 4.69) is 4.90 Å². The van der Waals surface area contributed by atoms with Gasteiger partial charge in [-0.15, -0.1) is 0 Å². The van der Waals surface area contributed by atoms with Crippen molar-refractivity contribution in [2.75, 3.05) is 43.9 Å². The molecule has 2 aliphatic heterocycles. The summed E-state index contributed by atoms with van der Waals surface area (Å²) in [5, 5.41) is 0. The van der Waals surface area contributed by atoms with Gasteiger partial charge in [0.15, 0.2) is 9.84 Å². The molecule has 166 valence electrons. The van der Waals surface area contributed by atoms with E-state index < -0.39 is 9.84 Å². The van der Waals surface area contributed by atoms with Gasteiger partial charge in [-0.05, 0) is 86.8 Å². The highest BCUT2D eigenvalue weighted by molar-refractivity contribution is 7.90. The molecule has 0 aromatic heterocycles. The molecule has 0 N–H and O–H groups in total. The summed E-state index contributed by atoms with van der Waals surface area (Å²) in [4.78, 5) is 17.5. The Balaban J connectivity index is 1.33. The van der Waals surface area contributed by atoms with E-state index in [-0.39, 0.29) is 5.91 Å². The Kier molecular flexibility index (Phi) is 6.62. The largest absolute Gasteiger partial charge is 0.494 e. The lowest BCUT2D eigenvalue weighted by atomic mass is 10.1. The van der Waals surface area contributed by atoms with Gasteiger partial charge in [-0.1, -0.05) is 6.42 Å². The van der Waals surface area contributed by atoms with Gasteiger partial charge < -0.3 is 14.5 Å². The molecule has 2 heterocycles. The van der Waals surface area contributed by atoms with Crippen LogP contribution in [-0.2, 0) is 16.3 Å². The van der Waals surface area contributed by atoms with Crippen molar-refractivity contribution in [3.63, 3.8) is 0 Å². The van der Waals surface area contributed by atoms with Crippen LogP contribution >= 0.6 is 0 Å². The fourth-order valence-corrected chi connectivity index (χ4v) is 5.00.